The maximum atomic E-state index is 13.2. The molecule has 0 aromatic heterocycles. The summed E-state index contributed by atoms with van der Waals surface area (Å²) in [5, 5.41) is 6.24. The van der Waals surface area contributed by atoms with Gasteiger partial charge in [0, 0.05) is 33.2 Å². The van der Waals surface area contributed by atoms with Gasteiger partial charge in [-0.25, -0.2) is 0 Å². The Labute approximate surface area is 214 Å². The van der Waals surface area contributed by atoms with E-state index in [1.54, 1.807) is 43.3 Å². The van der Waals surface area contributed by atoms with E-state index < -0.39 is 28.7 Å². The summed E-state index contributed by atoms with van der Waals surface area (Å²) in [4.78, 5) is 39.9. The van der Waals surface area contributed by atoms with Crippen LogP contribution in [0.25, 0.3) is 0 Å². The predicted molar refractivity (Wildman–Crippen MR) is 141 cm³/mol. The molecule has 7 nitrogen and oxygen atoms in total. The second kappa shape index (κ2) is 12.8. The quantitative estimate of drug-likeness (QED) is 0.521. The van der Waals surface area contributed by atoms with Gasteiger partial charge in [-0.05, 0) is 63.1 Å². The van der Waals surface area contributed by atoms with E-state index >= 15 is 0 Å². The summed E-state index contributed by atoms with van der Waals surface area (Å²) >= 11 is 6.01. The number of benzene rings is 2. The van der Waals surface area contributed by atoms with Crippen LogP contribution in [-0.2, 0) is 25.2 Å². The van der Waals surface area contributed by atoms with Crippen molar-refractivity contribution in [3.05, 3.63) is 59.1 Å². The van der Waals surface area contributed by atoms with Crippen LogP contribution in [0.4, 0.5) is 11.4 Å². The highest BCUT2D eigenvalue weighted by atomic mass is 35.5. The first-order chi connectivity index (χ1) is 16.7. The van der Waals surface area contributed by atoms with Gasteiger partial charge in [0.1, 0.15) is 17.5 Å². The third-order valence-corrected chi connectivity index (χ3v) is 7.41. The van der Waals surface area contributed by atoms with E-state index in [0.717, 1.165) is 31.2 Å². The normalized spacial score (nSPS) is 15.6. The Balaban J connectivity index is 1.66. The molecule has 0 unspecified atom stereocenters. The van der Waals surface area contributed by atoms with Crippen LogP contribution in [0.1, 0.15) is 44.6 Å². The number of halogens is 1. The number of carbonyl (C=O) groups excluding carboxylic acids is 3. The van der Waals surface area contributed by atoms with Crippen molar-refractivity contribution in [3.8, 4) is 0 Å². The highest BCUT2D eigenvalue weighted by Gasteiger charge is 2.30. The first kappa shape index (κ1) is 26.9. The van der Waals surface area contributed by atoms with E-state index in [1.165, 1.54) is 11.3 Å². The summed E-state index contributed by atoms with van der Waals surface area (Å²) in [6, 6.07) is 13.1. The number of hydrogen-bond acceptors (Lipinski definition) is 4. The smallest absolute Gasteiger partial charge is 0.243 e. The number of hydrogen-bond donors (Lipinski definition) is 2. The molecule has 0 spiro atoms. The van der Waals surface area contributed by atoms with Crippen LogP contribution in [0.5, 0.6) is 0 Å². The maximum Gasteiger partial charge on any atom is 0.243 e. The number of nitrogens with zero attached hydrogens (tertiary/aromatic N) is 1. The summed E-state index contributed by atoms with van der Waals surface area (Å²) in [6.07, 6.45) is 5.16. The second-order valence-corrected chi connectivity index (χ2v) is 10.8. The van der Waals surface area contributed by atoms with Crippen LogP contribution in [0.15, 0.2) is 48.5 Å². The van der Waals surface area contributed by atoms with Crippen LogP contribution >= 0.6 is 11.6 Å². The van der Waals surface area contributed by atoms with E-state index in [9.17, 15) is 18.6 Å². The minimum absolute atomic E-state index is 0.0977. The summed E-state index contributed by atoms with van der Waals surface area (Å²) in [5.41, 5.74) is 2.13. The maximum absolute atomic E-state index is 13.2. The fourth-order valence-electron chi connectivity index (χ4n) is 4.11. The third kappa shape index (κ3) is 8.18. The van der Waals surface area contributed by atoms with Crippen LogP contribution in [-0.4, -0.2) is 45.5 Å². The lowest BCUT2D eigenvalue weighted by Crippen LogP contribution is -2.52. The summed E-state index contributed by atoms with van der Waals surface area (Å²) in [6.45, 7) is 3.59. The molecule has 35 heavy (non-hydrogen) atoms. The van der Waals surface area contributed by atoms with Gasteiger partial charge in [0.2, 0.25) is 17.7 Å². The molecule has 1 fully saturated rings. The Kier molecular flexibility index (Phi) is 9.86. The topological polar surface area (TPSA) is 95.6 Å². The standard InChI is InChI=1S/C26H32ClN3O4S/c1-18-8-12-22(13-9-18)28-24(31)16-35(34)17-25(32)30(23-14-10-20(27)11-15-23)19(2)26(33)29-21-6-4-3-5-7-21/h8-15,19,21H,3-7,16-17H2,1-2H3,(H,28,31)(H,29,33)/t19-,35+/m1/s1. The fraction of sp³-hybridized carbons (Fsp3) is 0.423. The van der Waals surface area contributed by atoms with Gasteiger partial charge in [-0.1, -0.05) is 48.6 Å². The molecule has 2 N–H and O–H groups in total. The first-order valence-corrected chi connectivity index (χ1v) is 13.7. The SMILES string of the molecule is Cc1ccc(NC(=O)C[S@](=O)CC(=O)N(c2ccc(Cl)cc2)[C@H](C)C(=O)NC2CCCCC2)cc1. The molecule has 0 aliphatic heterocycles. The summed E-state index contributed by atoms with van der Waals surface area (Å²) in [7, 11) is -1.75. The number of nitrogens with one attached hydrogen (secondary N) is 2. The van der Waals surface area contributed by atoms with Crippen LogP contribution in [0, 0.1) is 6.92 Å². The van der Waals surface area contributed by atoms with Gasteiger partial charge >= 0.3 is 0 Å². The zero-order chi connectivity index (χ0) is 25.4. The summed E-state index contributed by atoms with van der Waals surface area (Å²) in [5.74, 6) is -1.91. The van der Waals surface area contributed by atoms with Crippen molar-refractivity contribution in [1.29, 1.82) is 0 Å². The molecular formula is C26H32ClN3O4S. The van der Waals surface area contributed by atoms with Gasteiger partial charge in [0.05, 0.1) is 0 Å². The van der Waals surface area contributed by atoms with E-state index in [-0.39, 0.29) is 23.5 Å². The molecule has 9 heteroatoms. The van der Waals surface area contributed by atoms with Crippen LogP contribution in [0.2, 0.25) is 5.02 Å². The minimum atomic E-state index is -1.75. The lowest BCUT2D eigenvalue weighted by atomic mass is 9.95. The number of anilines is 2. The van der Waals surface area contributed by atoms with Gasteiger partial charge in [-0.3, -0.25) is 23.5 Å². The Morgan fingerprint density at radius 3 is 2.26 bits per heavy atom. The lowest BCUT2D eigenvalue weighted by molar-refractivity contribution is -0.126. The Bertz CT molecular complexity index is 1050. The summed E-state index contributed by atoms with van der Waals surface area (Å²) < 4.78 is 12.7. The van der Waals surface area contributed by atoms with Crippen molar-refractivity contribution in [2.75, 3.05) is 21.7 Å². The zero-order valence-electron chi connectivity index (χ0n) is 20.1. The molecule has 2 aromatic carbocycles. The van der Waals surface area contributed by atoms with E-state index in [0.29, 0.717) is 16.4 Å². The molecule has 1 aliphatic rings. The fourth-order valence-corrected chi connectivity index (χ4v) is 5.12. The number of rotatable bonds is 9. The van der Waals surface area contributed by atoms with Crippen molar-refractivity contribution < 1.29 is 18.6 Å². The molecular weight excluding hydrogens is 486 g/mol. The number of amides is 3. The highest BCUT2D eigenvalue weighted by molar-refractivity contribution is 7.86. The average Bonchev–Trinajstić information content (AvgIpc) is 2.82. The molecule has 188 valence electrons. The van der Waals surface area contributed by atoms with Crippen molar-refractivity contribution >= 4 is 51.5 Å². The average molecular weight is 518 g/mol. The monoisotopic (exact) mass is 517 g/mol. The molecule has 0 radical (unpaired) electrons. The third-order valence-electron chi connectivity index (χ3n) is 6.00. The lowest BCUT2D eigenvalue weighted by Gasteiger charge is -2.31. The number of aryl methyl sites for hydroxylation is 1. The van der Waals surface area contributed by atoms with Crippen molar-refractivity contribution in [3.63, 3.8) is 0 Å². The molecule has 1 aliphatic carbocycles. The zero-order valence-corrected chi connectivity index (χ0v) is 21.7. The van der Waals surface area contributed by atoms with Crippen LogP contribution < -0.4 is 15.5 Å². The molecule has 0 heterocycles. The van der Waals surface area contributed by atoms with E-state index in [4.69, 9.17) is 11.6 Å². The van der Waals surface area contributed by atoms with Crippen molar-refractivity contribution in [2.24, 2.45) is 0 Å². The van der Waals surface area contributed by atoms with E-state index in [1.807, 2.05) is 19.1 Å². The molecule has 2 aromatic rings. The predicted octanol–water partition coefficient (Wildman–Crippen LogP) is 4.21. The minimum Gasteiger partial charge on any atom is -0.352 e. The Morgan fingerprint density at radius 2 is 1.63 bits per heavy atom. The molecule has 1 saturated carbocycles. The molecule has 3 amide bonds. The molecule has 0 bridgehead atoms. The van der Waals surface area contributed by atoms with Gasteiger partial charge in [0.15, 0.2) is 0 Å². The number of carbonyl (C=O) groups is 3. The van der Waals surface area contributed by atoms with Crippen molar-refractivity contribution in [2.45, 2.75) is 58.0 Å². The van der Waals surface area contributed by atoms with Gasteiger partial charge < -0.3 is 10.6 Å². The Morgan fingerprint density at radius 1 is 1.00 bits per heavy atom. The highest BCUT2D eigenvalue weighted by Crippen LogP contribution is 2.22. The molecule has 0 saturated heterocycles. The van der Waals surface area contributed by atoms with Gasteiger partial charge in [-0.15, -0.1) is 0 Å². The molecule has 2 atom stereocenters. The first-order valence-electron chi connectivity index (χ1n) is 11.8. The largest absolute Gasteiger partial charge is 0.352 e. The van der Waals surface area contributed by atoms with Gasteiger partial charge in [0.25, 0.3) is 0 Å². The van der Waals surface area contributed by atoms with Gasteiger partial charge in [-0.2, -0.15) is 0 Å². The van der Waals surface area contributed by atoms with Crippen molar-refractivity contribution in [1.82, 2.24) is 5.32 Å². The molecule has 3 rings (SSSR count). The van der Waals surface area contributed by atoms with Crippen LogP contribution in [0.3, 0.4) is 0 Å². The second-order valence-electron chi connectivity index (χ2n) is 8.90. The Hall–Kier alpha value is -2.71. The van der Waals surface area contributed by atoms with E-state index in [2.05, 4.69) is 10.6 Å².